The second-order valence-corrected chi connectivity index (χ2v) is 7.44. The molecule has 0 radical (unpaired) electrons. The van der Waals surface area contributed by atoms with Gasteiger partial charge in [-0.25, -0.2) is 4.79 Å². The Morgan fingerprint density at radius 3 is 3.09 bits per heavy atom. The van der Waals surface area contributed by atoms with Crippen LogP contribution in [-0.2, 0) is 4.74 Å². The molecule has 23 heavy (non-hydrogen) atoms. The zero-order chi connectivity index (χ0) is 16.7. The molecule has 2 rings (SSSR count). The van der Waals surface area contributed by atoms with E-state index in [2.05, 4.69) is 19.2 Å². The molecule has 2 unspecified atom stereocenters. The summed E-state index contributed by atoms with van der Waals surface area (Å²) in [6.45, 7) is 6.71. The predicted octanol–water partition coefficient (Wildman–Crippen LogP) is 3.02. The Balaban J connectivity index is 1.83. The van der Waals surface area contributed by atoms with E-state index in [1.54, 1.807) is 0 Å². The lowest BCUT2D eigenvalue weighted by molar-refractivity contribution is -0.00646. The van der Waals surface area contributed by atoms with E-state index >= 15 is 0 Å². The van der Waals surface area contributed by atoms with E-state index in [9.17, 15) is 9.90 Å². The second-order valence-electron chi connectivity index (χ2n) is 6.46. The number of hydrogen-bond acceptors (Lipinski definition) is 4. The van der Waals surface area contributed by atoms with Crippen molar-refractivity contribution >= 4 is 17.4 Å². The number of nitrogens with one attached hydrogen (secondary N) is 1. The maximum Gasteiger partial charge on any atom is 0.317 e. The van der Waals surface area contributed by atoms with E-state index in [4.69, 9.17) is 4.74 Å². The maximum atomic E-state index is 12.4. The number of aliphatic hydroxyl groups excluding tert-OH is 1. The van der Waals surface area contributed by atoms with Gasteiger partial charge in [0.2, 0.25) is 0 Å². The van der Waals surface area contributed by atoms with Gasteiger partial charge in [0.1, 0.15) is 0 Å². The molecule has 1 aromatic heterocycles. The molecule has 1 aromatic rings. The third-order valence-corrected chi connectivity index (χ3v) is 5.06. The molecule has 2 N–H and O–H groups in total. The van der Waals surface area contributed by atoms with Gasteiger partial charge in [0, 0.05) is 24.4 Å². The number of carbonyl (C=O) groups is 1. The molecule has 0 aliphatic carbocycles. The normalized spacial score (nSPS) is 19.8. The zero-order valence-corrected chi connectivity index (χ0v) is 14.8. The lowest BCUT2D eigenvalue weighted by Crippen LogP contribution is -2.53. The number of morpholine rings is 1. The van der Waals surface area contributed by atoms with E-state index in [0.29, 0.717) is 38.6 Å². The van der Waals surface area contributed by atoms with Crippen LogP contribution in [0.5, 0.6) is 0 Å². The quantitative estimate of drug-likeness (QED) is 0.750. The molecule has 0 saturated carbocycles. The number of urea groups is 1. The molecule has 2 amide bonds. The second kappa shape index (κ2) is 9.25. The predicted molar refractivity (Wildman–Crippen MR) is 92.7 cm³/mol. The average molecular weight is 340 g/mol. The maximum absolute atomic E-state index is 12.4. The first kappa shape index (κ1) is 18.2. The van der Waals surface area contributed by atoms with Gasteiger partial charge < -0.3 is 20.1 Å². The summed E-state index contributed by atoms with van der Waals surface area (Å²) in [4.78, 5) is 15.2. The van der Waals surface area contributed by atoms with Gasteiger partial charge in [0.25, 0.3) is 0 Å². The molecule has 2 heterocycles. The summed E-state index contributed by atoms with van der Waals surface area (Å²) < 4.78 is 5.51. The summed E-state index contributed by atoms with van der Waals surface area (Å²) in [5, 5.41) is 15.3. The van der Waals surface area contributed by atoms with Crippen LogP contribution in [0.2, 0.25) is 0 Å². The number of hydrogen-bond donors (Lipinski definition) is 2. The molecule has 130 valence electrons. The van der Waals surface area contributed by atoms with Gasteiger partial charge >= 0.3 is 6.03 Å². The third-order valence-electron chi connectivity index (χ3n) is 4.09. The van der Waals surface area contributed by atoms with E-state index in [0.717, 1.165) is 17.7 Å². The summed E-state index contributed by atoms with van der Waals surface area (Å²) in [6.07, 6.45) is 2.08. The Labute approximate surface area is 142 Å². The minimum absolute atomic E-state index is 0.0413. The van der Waals surface area contributed by atoms with Crippen LogP contribution >= 0.6 is 11.3 Å². The zero-order valence-electron chi connectivity index (χ0n) is 14.0. The van der Waals surface area contributed by atoms with Crippen LogP contribution < -0.4 is 5.32 Å². The van der Waals surface area contributed by atoms with Crippen molar-refractivity contribution in [2.75, 3.05) is 26.3 Å². The fourth-order valence-electron chi connectivity index (χ4n) is 2.78. The molecular formula is C17H28N2O3S. The molecule has 0 aromatic carbocycles. The third kappa shape index (κ3) is 5.79. The number of amides is 2. The first-order chi connectivity index (χ1) is 11.1. The smallest absolute Gasteiger partial charge is 0.317 e. The highest BCUT2D eigenvalue weighted by Gasteiger charge is 2.29. The highest BCUT2D eigenvalue weighted by molar-refractivity contribution is 7.10. The largest absolute Gasteiger partial charge is 0.387 e. The van der Waals surface area contributed by atoms with Crippen molar-refractivity contribution in [3.63, 3.8) is 0 Å². The lowest BCUT2D eigenvalue weighted by Gasteiger charge is -2.36. The molecule has 1 fully saturated rings. The first-order valence-corrected chi connectivity index (χ1v) is 9.29. The lowest BCUT2D eigenvalue weighted by atomic mass is 10.1. The monoisotopic (exact) mass is 340 g/mol. The summed E-state index contributed by atoms with van der Waals surface area (Å²) in [6, 6.07) is 3.74. The number of carbonyl (C=O) groups excluding carboxylic acids is 1. The van der Waals surface area contributed by atoms with Gasteiger partial charge in [0.05, 0.1) is 25.4 Å². The van der Waals surface area contributed by atoms with E-state index < -0.39 is 6.10 Å². The van der Waals surface area contributed by atoms with Gasteiger partial charge in [-0.05, 0) is 30.2 Å². The van der Waals surface area contributed by atoms with Crippen molar-refractivity contribution in [2.45, 2.75) is 45.3 Å². The number of nitrogens with zero attached hydrogens (tertiary/aromatic N) is 1. The van der Waals surface area contributed by atoms with Gasteiger partial charge in [-0.3, -0.25) is 0 Å². The van der Waals surface area contributed by atoms with E-state index in [-0.39, 0.29) is 12.1 Å². The number of rotatable bonds is 7. The summed E-state index contributed by atoms with van der Waals surface area (Å²) in [5.74, 6) is 0.656. The molecular weight excluding hydrogens is 312 g/mol. The molecule has 0 bridgehead atoms. The summed E-state index contributed by atoms with van der Waals surface area (Å²) >= 11 is 1.54. The molecule has 1 aliphatic heterocycles. The molecule has 2 atom stereocenters. The minimum Gasteiger partial charge on any atom is -0.387 e. The van der Waals surface area contributed by atoms with E-state index in [1.165, 1.54) is 11.3 Å². The van der Waals surface area contributed by atoms with Crippen LogP contribution in [0.1, 0.15) is 44.1 Å². The SMILES string of the molecule is CC(C)CCCNC(=O)N1CCOCC1CC(O)c1cccs1. The van der Waals surface area contributed by atoms with Crippen LogP contribution in [0.4, 0.5) is 4.79 Å². The summed E-state index contributed by atoms with van der Waals surface area (Å²) in [5.41, 5.74) is 0. The molecule has 1 aliphatic rings. The number of ether oxygens (including phenoxy) is 1. The highest BCUT2D eigenvalue weighted by atomic mass is 32.1. The fourth-order valence-corrected chi connectivity index (χ4v) is 3.50. The van der Waals surface area contributed by atoms with Crippen molar-refractivity contribution in [1.29, 1.82) is 0 Å². The Bertz CT molecular complexity index is 464. The van der Waals surface area contributed by atoms with Crippen LogP contribution in [0.15, 0.2) is 17.5 Å². The van der Waals surface area contributed by atoms with Crippen molar-refractivity contribution in [3.05, 3.63) is 22.4 Å². The molecule has 6 heteroatoms. The standard InChI is InChI=1S/C17H28N2O3S/c1-13(2)5-3-7-18-17(21)19-8-9-22-12-14(19)11-15(20)16-6-4-10-23-16/h4,6,10,13-15,20H,3,5,7-9,11-12H2,1-2H3,(H,18,21). The van der Waals surface area contributed by atoms with Crippen LogP contribution in [-0.4, -0.2) is 48.4 Å². The van der Waals surface area contributed by atoms with Gasteiger partial charge in [0.15, 0.2) is 0 Å². The highest BCUT2D eigenvalue weighted by Crippen LogP contribution is 2.25. The van der Waals surface area contributed by atoms with Crippen LogP contribution in [0.3, 0.4) is 0 Å². The Morgan fingerprint density at radius 1 is 1.57 bits per heavy atom. The Kier molecular flexibility index (Phi) is 7.33. The first-order valence-electron chi connectivity index (χ1n) is 8.41. The van der Waals surface area contributed by atoms with Gasteiger partial charge in [-0.15, -0.1) is 11.3 Å². The fraction of sp³-hybridized carbons (Fsp3) is 0.706. The molecule has 0 spiro atoms. The Hall–Kier alpha value is -1.11. The molecule has 5 nitrogen and oxygen atoms in total. The van der Waals surface area contributed by atoms with Crippen molar-refractivity contribution in [2.24, 2.45) is 5.92 Å². The number of aliphatic hydroxyl groups is 1. The van der Waals surface area contributed by atoms with Crippen LogP contribution in [0, 0.1) is 5.92 Å². The van der Waals surface area contributed by atoms with Gasteiger partial charge in [-0.1, -0.05) is 19.9 Å². The Morgan fingerprint density at radius 2 is 2.39 bits per heavy atom. The number of thiophene rings is 1. The van der Waals surface area contributed by atoms with Crippen molar-refractivity contribution in [1.82, 2.24) is 10.2 Å². The topological polar surface area (TPSA) is 61.8 Å². The van der Waals surface area contributed by atoms with E-state index in [1.807, 2.05) is 22.4 Å². The molecule has 1 saturated heterocycles. The van der Waals surface area contributed by atoms with Crippen LogP contribution in [0.25, 0.3) is 0 Å². The van der Waals surface area contributed by atoms with Gasteiger partial charge in [-0.2, -0.15) is 0 Å². The van der Waals surface area contributed by atoms with Crippen molar-refractivity contribution in [3.8, 4) is 0 Å². The van der Waals surface area contributed by atoms with Crippen molar-refractivity contribution < 1.29 is 14.6 Å². The average Bonchev–Trinajstić information content (AvgIpc) is 3.06. The minimum atomic E-state index is -0.544. The summed E-state index contributed by atoms with van der Waals surface area (Å²) in [7, 11) is 0.